The van der Waals surface area contributed by atoms with E-state index in [0.29, 0.717) is 24.7 Å². The molecule has 1 rings (SSSR count). The summed E-state index contributed by atoms with van der Waals surface area (Å²) in [5, 5.41) is 0.0958. The number of carbonyl (C=O) groups is 1. The lowest BCUT2D eigenvalue weighted by Crippen LogP contribution is -2.29. The molecule has 1 aromatic carbocycles. The Kier molecular flexibility index (Phi) is 11.4. The molecule has 0 radical (unpaired) electrons. The van der Waals surface area contributed by atoms with Gasteiger partial charge in [0.25, 0.3) is 0 Å². The number of rotatable bonds is 13. The van der Waals surface area contributed by atoms with Gasteiger partial charge in [-0.1, -0.05) is 6.92 Å². The summed E-state index contributed by atoms with van der Waals surface area (Å²) in [4.78, 5) is 11.4. The van der Waals surface area contributed by atoms with Crippen molar-refractivity contribution in [3.8, 4) is 5.75 Å². The first-order valence-electron chi connectivity index (χ1n) is 9.47. The largest absolute Gasteiger partial charge is 0.491 e. The predicted octanol–water partition coefficient (Wildman–Crippen LogP) is 4.58. The van der Waals surface area contributed by atoms with E-state index < -0.39 is 17.7 Å². The standard InChI is InChI=1S/C20H29F3O5S/c1-5-25-18(11-28-17-9-7-16(8-10-17)20(21,22)23)13-29-15(4)14(3)27-12-19(24)26-6-2/h7-10,14-15,18H,5-6,11-13H2,1-4H3/t14?,15-,18?/m0/s1. The Morgan fingerprint density at radius 1 is 1.07 bits per heavy atom. The van der Waals surface area contributed by atoms with Gasteiger partial charge in [-0.15, -0.1) is 0 Å². The molecule has 0 aromatic heterocycles. The fourth-order valence-corrected chi connectivity index (χ4v) is 3.30. The lowest BCUT2D eigenvalue weighted by molar-refractivity contribution is -0.150. The highest BCUT2D eigenvalue weighted by Gasteiger charge is 2.30. The number of benzene rings is 1. The number of carbonyl (C=O) groups excluding carboxylic acids is 1. The van der Waals surface area contributed by atoms with Crippen LogP contribution >= 0.6 is 11.8 Å². The van der Waals surface area contributed by atoms with Crippen LogP contribution in [-0.2, 0) is 25.2 Å². The van der Waals surface area contributed by atoms with E-state index in [1.165, 1.54) is 12.1 Å². The van der Waals surface area contributed by atoms with Gasteiger partial charge in [0, 0.05) is 17.6 Å². The molecule has 0 saturated carbocycles. The average Bonchev–Trinajstić information content (AvgIpc) is 2.67. The van der Waals surface area contributed by atoms with Crippen molar-refractivity contribution in [1.29, 1.82) is 0 Å². The van der Waals surface area contributed by atoms with E-state index in [2.05, 4.69) is 0 Å². The molecular formula is C20H29F3O5S. The Morgan fingerprint density at radius 3 is 2.28 bits per heavy atom. The maximum absolute atomic E-state index is 12.6. The molecule has 0 aliphatic heterocycles. The van der Waals surface area contributed by atoms with Crippen LogP contribution in [0.15, 0.2) is 24.3 Å². The highest BCUT2D eigenvalue weighted by Crippen LogP contribution is 2.30. The van der Waals surface area contributed by atoms with Gasteiger partial charge in [0.15, 0.2) is 0 Å². The Balaban J connectivity index is 2.45. The summed E-state index contributed by atoms with van der Waals surface area (Å²) in [7, 11) is 0. The molecule has 0 aliphatic carbocycles. The molecular weight excluding hydrogens is 409 g/mol. The molecule has 29 heavy (non-hydrogen) atoms. The summed E-state index contributed by atoms with van der Waals surface area (Å²) in [5.74, 6) is 0.573. The van der Waals surface area contributed by atoms with Crippen LogP contribution in [-0.4, -0.2) is 55.6 Å². The fourth-order valence-electron chi connectivity index (χ4n) is 2.24. The smallest absolute Gasteiger partial charge is 0.416 e. The number of hydrogen-bond acceptors (Lipinski definition) is 6. The van der Waals surface area contributed by atoms with Crippen molar-refractivity contribution >= 4 is 17.7 Å². The normalized spacial score (nSPS) is 14.9. The third kappa shape index (κ3) is 10.2. The molecule has 1 aromatic rings. The molecule has 0 heterocycles. The van der Waals surface area contributed by atoms with Gasteiger partial charge < -0.3 is 18.9 Å². The van der Waals surface area contributed by atoms with E-state index in [0.717, 1.165) is 12.1 Å². The fraction of sp³-hybridized carbons (Fsp3) is 0.650. The Bertz CT molecular complexity index is 595. The molecule has 9 heteroatoms. The topological polar surface area (TPSA) is 54.0 Å². The first-order chi connectivity index (χ1) is 13.7. The number of esters is 1. The number of thioether (sulfide) groups is 1. The van der Waals surface area contributed by atoms with Crippen molar-refractivity contribution in [3.63, 3.8) is 0 Å². The first-order valence-corrected chi connectivity index (χ1v) is 10.5. The van der Waals surface area contributed by atoms with Crippen molar-refractivity contribution in [2.45, 2.75) is 51.3 Å². The third-order valence-corrected chi connectivity index (χ3v) is 5.47. The van der Waals surface area contributed by atoms with E-state index in [9.17, 15) is 18.0 Å². The van der Waals surface area contributed by atoms with Gasteiger partial charge in [-0.05, 0) is 45.0 Å². The van der Waals surface area contributed by atoms with Crippen molar-refractivity contribution in [2.24, 2.45) is 0 Å². The second-order valence-electron chi connectivity index (χ2n) is 6.27. The molecule has 0 bridgehead atoms. The second-order valence-corrected chi connectivity index (χ2v) is 7.68. The summed E-state index contributed by atoms with van der Waals surface area (Å²) in [5.41, 5.74) is -0.715. The van der Waals surface area contributed by atoms with Crippen molar-refractivity contribution < 1.29 is 36.9 Å². The molecule has 0 spiro atoms. The Hall–Kier alpha value is -1.45. The van der Waals surface area contributed by atoms with Crippen LogP contribution in [0.5, 0.6) is 5.75 Å². The lowest BCUT2D eigenvalue weighted by Gasteiger charge is -2.23. The van der Waals surface area contributed by atoms with Gasteiger partial charge in [0.05, 0.1) is 18.3 Å². The molecule has 0 fully saturated rings. The zero-order valence-electron chi connectivity index (χ0n) is 17.2. The summed E-state index contributed by atoms with van der Waals surface area (Å²) in [6, 6.07) is 4.58. The number of hydrogen-bond donors (Lipinski definition) is 0. The predicted molar refractivity (Wildman–Crippen MR) is 106 cm³/mol. The van der Waals surface area contributed by atoms with E-state index in [1.54, 1.807) is 18.7 Å². The summed E-state index contributed by atoms with van der Waals surface area (Å²) < 4.78 is 59.4. The van der Waals surface area contributed by atoms with Crippen LogP contribution in [0.25, 0.3) is 0 Å². The second kappa shape index (κ2) is 13.0. The third-order valence-electron chi connectivity index (χ3n) is 4.00. The van der Waals surface area contributed by atoms with Crippen LogP contribution in [0.2, 0.25) is 0 Å². The van der Waals surface area contributed by atoms with Crippen LogP contribution in [0.3, 0.4) is 0 Å². The Morgan fingerprint density at radius 2 is 1.72 bits per heavy atom. The minimum Gasteiger partial charge on any atom is -0.491 e. The van der Waals surface area contributed by atoms with Crippen molar-refractivity contribution in [2.75, 3.05) is 32.2 Å². The van der Waals surface area contributed by atoms with Gasteiger partial charge in [-0.25, -0.2) is 4.79 Å². The quantitative estimate of drug-likeness (QED) is 0.420. The van der Waals surface area contributed by atoms with E-state index >= 15 is 0 Å². The summed E-state index contributed by atoms with van der Waals surface area (Å²) in [6.45, 7) is 8.40. The molecule has 0 aliphatic rings. The van der Waals surface area contributed by atoms with Crippen molar-refractivity contribution in [1.82, 2.24) is 0 Å². The molecule has 0 saturated heterocycles. The zero-order chi connectivity index (χ0) is 21.9. The van der Waals surface area contributed by atoms with Gasteiger partial charge in [0.1, 0.15) is 25.1 Å². The van der Waals surface area contributed by atoms with E-state index in [4.69, 9.17) is 18.9 Å². The van der Waals surface area contributed by atoms with Gasteiger partial charge in [-0.3, -0.25) is 0 Å². The number of ether oxygens (including phenoxy) is 4. The molecule has 0 N–H and O–H groups in total. The molecule has 166 valence electrons. The maximum Gasteiger partial charge on any atom is 0.416 e. The van der Waals surface area contributed by atoms with Crippen LogP contribution in [0.4, 0.5) is 13.2 Å². The van der Waals surface area contributed by atoms with Gasteiger partial charge in [-0.2, -0.15) is 24.9 Å². The van der Waals surface area contributed by atoms with Crippen LogP contribution in [0.1, 0.15) is 33.3 Å². The van der Waals surface area contributed by atoms with E-state index in [1.807, 2.05) is 20.8 Å². The molecule has 2 unspecified atom stereocenters. The van der Waals surface area contributed by atoms with Gasteiger partial charge in [0.2, 0.25) is 0 Å². The summed E-state index contributed by atoms with van der Waals surface area (Å²) in [6.07, 6.45) is -4.76. The molecule has 3 atom stereocenters. The molecule has 5 nitrogen and oxygen atoms in total. The highest BCUT2D eigenvalue weighted by atomic mass is 32.2. The minimum absolute atomic E-state index is 0.0914. The Labute approximate surface area is 174 Å². The zero-order valence-corrected chi connectivity index (χ0v) is 18.0. The SMILES string of the molecule is CCOC(=O)COC(C)[C@H](C)SCC(COc1ccc(C(F)(F)F)cc1)OCC. The highest BCUT2D eigenvalue weighted by molar-refractivity contribution is 7.99. The number of halogens is 3. The van der Waals surface area contributed by atoms with Gasteiger partial charge >= 0.3 is 12.1 Å². The van der Waals surface area contributed by atoms with E-state index in [-0.39, 0.29) is 30.7 Å². The lowest BCUT2D eigenvalue weighted by atomic mass is 10.2. The van der Waals surface area contributed by atoms with Crippen LogP contribution < -0.4 is 4.74 Å². The monoisotopic (exact) mass is 438 g/mol. The average molecular weight is 439 g/mol. The summed E-state index contributed by atoms with van der Waals surface area (Å²) >= 11 is 1.61. The molecule has 0 amide bonds. The van der Waals surface area contributed by atoms with Crippen molar-refractivity contribution in [3.05, 3.63) is 29.8 Å². The number of alkyl halides is 3. The minimum atomic E-state index is -4.37. The first kappa shape index (κ1) is 25.6. The maximum atomic E-state index is 12.6. The van der Waals surface area contributed by atoms with Crippen LogP contribution in [0, 0.1) is 0 Å².